The zero-order valence-electron chi connectivity index (χ0n) is 21.8. The Kier molecular flexibility index (Phi) is 7.54. The molecule has 0 unspecified atom stereocenters. The van der Waals surface area contributed by atoms with Gasteiger partial charge in [0.15, 0.2) is 0 Å². The molecule has 196 valence electrons. The Morgan fingerprint density at radius 3 is 2.53 bits per heavy atom. The van der Waals surface area contributed by atoms with E-state index >= 15 is 0 Å². The van der Waals surface area contributed by atoms with Crippen molar-refractivity contribution in [2.45, 2.75) is 53.6 Å². The first-order valence-electron chi connectivity index (χ1n) is 11.8. The highest BCUT2D eigenvalue weighted by Gasteiger charge is 2.26. The van der Waals surface area contributed by atoms with E-state index in [0.717, 1.165) is 16.8 Å². The summed E-state index contributed by atoms with van der Waals surface area (Å²) in [4.78, 5) is 15.7. The minimum atomic E-state index is -0.621. The first-order valence-corrected chi connectivity index (χ1v) is 12.5. The Balaban J connectivity index is 1.60. The maximum absolute atomic E-state index is 12.6. The van der Waals surface area contributed by atoms with Gasteiger partial charge in [-0.25, -0.2) is 4.79 Å². The molecule has 2 aromatic heterocycles. The van der Waals surface area contributed by atoms with Gasteiger partial charge >= 0.3 is 5.97 Å². The summed E-state index contributed by atoms with van der Waals surface area (Å²) in [6.07, 6.45) is 0.326. The van der Waals surface area contributed by atoms with Gasteiger partial charge in [-0.1, -0.05) is 29.3 Å². The highest BCUT2D eigenvalue weighted by atomic mass is 35.5. The van der Waals surface area contributed by atoms with Crippen molar-refractivity contribution in [3.63, 3.8) is 0 Å². The topological polar surface area (TPSA) is 114 Å². The number of ether oxygens (including phenoxy) is 2. The lowest BCUT2D eigenvalue weighted by molar-refractivity contribution is 0.00626. The smallest absolute Gasteiger partial charge is 0.355 e. The number of aromatic amines is 1. The Morgan fingerprint density at radius 1 is 1.11 bits per heavy atom. The number of carbonyl (C=O) groups is 1. The molecule has 0 aliphatic rings. The molecule has 0 aliphatic heterocycles. The summed E-state index contributed by atoms with van der Waals surface area (Å²) in [6.45, 7) is 11.0. The molecule has 0 radical (unpaired) electrons. The number of esters is 1. The van der Waals surface area contributed by atoms with Crippen LogP contribution in [0.5, 0.6) is 11.5 Å². The van der Waals surface area contributed by atoms with Crippen molar-refractivity contribution >= 4 is 29.2 Å². The van der Waals surface area contributed by atoms with E-state index in [0.29, 0.717) is 62.1 Å². The lowest BCUT2D eigenvalue weighted by Crippen LogP contribution is -2.24. The van der Waals surface area contributed by atoms with Gasteiger partial charge in [-0.15, -0.1) is 10.2 Å². The molecule has 0 saturated heterocycles. The zero-order chi connectivity index (χ0) is 27.8. The second-order valence-electron chi connectivity index (χ2n) is 9.85. The summed E-state index contributed by atoms with van der Waals surface area (Å²) >= 11 is 12.6. The summed E-state index contributed by atoms with van der Waals surface area (Å²) in [5.41, 5.74) is 3.79. The van der Waals surface area contributed by atoms with Gasteiger partial charge in [-0.2, -0.15) is 5.26 Å². The van der Waals surface area contributed by atoms with Crippen molar-refractivity contribution in [1.82, 2.24) is 15.2 Å². The van der Waals surface area contributed by atoms with Crippen LogP contribution >= 0.6 is 23.2 Å². The average molecular weight is 553 g/mol. The number of carbonyl (C=O) groups excluding carboxylic acids is 1. The first kappa shape index (κ1) is 27.2. The second-order valence-corrected chi connectivity index (χ2v) is 10.7. The van der Waals surface area contributed by atoms with E-state index in [1.165, 1.54) is 0 Å². The first-order chi connectivity index (χ1) is 17.9. The van der Waals surface area contributed by atoms with E-state index in [-0.39, 0.29) is 0 Å². The fraction of sp³-hybridized carbons (Fsp3) is 0.286. The minimum absolute atomic E-state index is 0.298. The van der Waals surface area contributed by atoms with Crippen LogP contribution in [0.15, 0.2) is 34.7 Å². The van der Waals surface area contributed by atoms with Crippen molar-refractivity contribution < 1.29 is 18.7 Å². The Morgan fingerprint density at radius 2 is 1.84 bits per heavy atom. The van der Waals surface area contributed by atoms with Gasteiger partial charge in [0.25, 0.3) is 0 Å². The third-order valence-corrected chi connectivity index (χ3v) is 6.27. The molecule has 4 rings (SSSR count). The average Bonchev–Trinajstić information content (AvgIpc) is 3.40. The molecule has 0 atom stereocenters. The lowest BCUT2D eigenvalue weighted by Gasteiger charge is -2.19. The SMILES string of the molecule is Cc1[nH]c(C(=O)OC(C)(C)C)c(C)c1-c1nnc(Cc2ccc(Cl)c(Oc3cc(Cl)cc(C#N)c3)c2C)o1. The van der Waals surface area contributed by atoms with Gasteiger partial charge in [-0.05, 0) is 82.5 Å². The number of rotatable bonds is 6. The molecule has 4 aromatic rings. The largest absolute Gasteiger partial charge is 0.455 e. The number of hydrogen-bond donors (Lipinski definition) is 1. The van der Waals surface area contributed by atoms with Gasteiger partial charge in [0, 0.05) is 10.7 Å². The molecular formula is C28H26Cl2N4O4. The third-order valence-electron chi connectivity index (χ3n) is 5.75. The van der Waals surface area contributed by atoms with Crippen LogP contribution in [-0.2, 0) is 11.2 Å². The molecule has 0 saturated carbocycles. The van der Waals surface area contributed by atoms with Gasteiger partial charge in [0.2, 0.25) is 11.8 Å². The molecule has 2 aromatic carbocycles. The van der Waals surface area contributed by atoms with Crippen molar-refractivity contribution in [2.75, 3.05) is 0 Å². The van der Waals surface area contributed by atoms with Gasteiger partial charge in [-0.3, -0.25) is 0 Å². The zero-order valence-corrected chi connectivity index (χ0v) is 23.3. The number of halogens is 2. The summed E-state index contributed by atoms with van der Waals surface area (Å²) in [7, 11) is 0. The monoisotopic (exact) mass is 552 g/mol. The van der Waals surface area contributed by atoms with E-state index in [2.05, 4.69) is 21.3 Å². The van der Waals surface area contributed by atoms with E-state index in [1.807, 2.05) is 47.6 Å². The minimum Gasteiger partial charge on any atom is -0.455 e. The van der Waals surface area contributed by atoms with E-state index < -0.39 is 11.6 Å². The molecule has 0 aliphatic carbocycles. The molecule has 1 N–H and O–H groups in total. The fourth-order valence-corrected chi connectivity index (χ4v) is 4.48. The number of nitriles is 1. The summed E-state index contributed by atoms with van der Waals surface area (Å²) in [5.74, 6) is 1.07. The number of aryl methyl sites for hydroxylation is 1. The maximum atomic E-state index is 12.6. The summed E-state index contributed by atoms with van der Waals surface area (Å²) in [5, 5.41) is 18.5. The normalized spacial score (nSPS) is 11.3. The highest BCUT2D eigenvalue weighted by Crippen LogP contribution is 2.37. The molecule has 0 amide bonds. The predicted octanol–water partition coefficient (Wildman–Crippen LogP) is 7.51. The van der Waals surface area contributed by atoms with Crippen LogP contribution in [0.1, 0.15) is 65.1 Å². The number of H-pyrrole nitrogens is 1. The molecule has 0 fully saturated rings. The molecular weight excluding hydrogens is 527 g/mol. The number of hydrogen-bond acceptors (Lipinski definition) is 7. The highest BCUT2D eigenvalue weighted by molar-refractivity contribution is 6.32. The molecule has 0 bridgehead atoms. The molecule has 2 heterocycles. The molecule has 8 nitrogen and oxygen atoms in total. The van der Waals surface area contributed by atoms with Crippen LogP contribution < -0.4 is 4.74 Å². The van der Waals surface area contributed by atoms with Crippen LogP contribution in [0.25, 0.3) is 11.5 Å². The van der Waals surface area contributed by atoms with Crippen molar-refractivity contribution in [2.24, 2.45) is 0 Å². The van der Waals surface area contributed by atoms with Crippen molar-refractivity contribution in [3.8, 4) is 29.0 Å². The lowest BCUT2D eigenvalue weighted by atomic mass is 10.0. The van der Waals surface area contributed by atoms with Gasteiger partial charge in [0.05, 0.1) is 28.6 Å². The Bertz CT molecular complexity index is 1570. The second kappa shape index (κ2) is 10.5. The van der Waals surface area contributed by atoms with Crippen molar-refractivity contribution in [3.05, 3.63) is 79.9 Å². The van der Waals surface area contributed by atoms with E-state index in [1.54, 1.807) is 24.3 Å². The third kappa shape index (κ3) is 5.85. The van der Waals surface area contributed by atoms with Crippen molar-refractivity contribution in [1.29, 1.82) is 5.26 Å². The van der Waals surface area contributed by atoms with Gasteiger partial charge in [0.1, 0.15) is 22.8 Å². The molecule has 0 spiro atoms. The Labute approximate surface area is 230 Å². The van der Waals surface area contributed by atoms with Crippen LogP contribution in [0.3, 0.4) is 0 Å². The standard InChI is InChI=1S/C28H26Cl2N4O4/c1-14-18(7-8-21(30)25(14)36-20-10-17(13-31)9-19(29)12-20)11-22-33-34-26(37-22)23-15(2)24(32-16(23)3)27(35)38-28(4,5)6/h7-10,12,32H,11H2,1-6H3. The molecule has 10 heteroatoms. The predicted molar refractivity (Wildman–Crippen MR) is 144 cm³/mol. The van der Waals surface area contributed by atoms with Crippen LogP contribution in [0, 0.1) is 32.1 Å². The number of nitrogens with one attached hydrogen (secondary N) is 1. The maximum Gasteiger partial charge on any atom is 0.355 e. The summed E-state index contributed by atoms with van der Waals surface area (Å²) < 4.78 is 17.5. The molecule has 38 heavy (non-hydrogen) atoms. The fourth-order valence-electron chi connectivity index (χ4n) is 4.01. The Hall–Kier alpha value is -3.80. The van der Waals surface area contributed by atoms with E-state index in [4.69, 9.17) is 37.1 Å². The van der Waals surface area contributed by atoms with Crippen LogP contribution in [0.2, 0.25) is 10.0 Å². The number of nitrogens with zero attached hydrogens (tertiary/aromatic N) is 3. The number of benzene rings is 2. The van der Waals surface area contributed by atoms with Gasteiger partial charge < -0.3 is 18.9 Å². The van der Waals surface area contributed by atoms with E-state index in [9.17, 15) is 10.1 Å². The van der Waals surface area contributed by atoms with Crippen LogP contribution in [-0.4, -0.2) is 26.8 Å². The van der Waals surface area contributed by atoms with Crippen LogP contribution in [0.4, 0.5) is 0 Å². The number of aromatic nitrogens is 3. The quantitative estimate of drug-likeness (QED) is 0.246. The summed E-state index contributed by atoms with van der Waals surface area (Å²) in [6, 6.07) is 10.4.